The molecule has 170 valence electrons. The maximum absolute atomic E-state index is 15.0. The highest BCUT2D eigenvalue weighted by molar-refractivity contribution is 6.08. The lowest BCUT2D eigenvalue weighted by molar-refractivity contribution is 0.0980. The van der Waals surface area contributed by atoms with Crippen LogP contribution in [-0.4, -0.2) is 38.6 Å². The number of benzene rings is 3. The van der Waals surface area contributed by atoms with Crippen molar-refractivity contribution in [2.75, 3.05) is 36.5 Å². The number of carbonyl (C=O) groups excluding carboxylic acids is 1. The molecule has 6 heteroatoms. The van der Waals surface area contributed by atoms with Crippen LogP contribution in [0.1, 0.15) is 27.9 Å². The van der Waals surface area contributed by atoms with Gasteiger partial charge in [-0.15, -0.1) is 0 Å². The molecule has 5 nitrogen and oxygen atoms in total. The van der Waals surface area contributed by atoms with Crippen molar-refractivity contribution < 1.29 is 13.9 Å². The van der Waals surface area contributed by atoms with E-state index < -0.39 is 0 Å². The Morgan fingerprint density at radius 3 is 2.67 bits per heavy atom. The van der Waals surface area contributed by atoms with Crippen LogP contribution in [0.3, 0.4) is 0 Å². The summed E-state index contributed by atoms with van der Waals surface area (Å²) in [5.41, 5.74) is 3.91. The Morgan fingerprint density at radius 1 is 1.06 bits per heavy atom. The third-order valence-corrected chi connectivity index (χ3v) is 6.59. The number of nitrogens with one attached hydrogen (secondary N) is 1. The van der Waals surface area contributed by atoms with Gasteiger partial charge in [-0.2, -0.15) is 0 Å². The zero-order chi connectivity index (χ0) is 22.8. The highest BCUT2D eigenvalue weighted by Crippen LogP contribution is 2.31. The first-order valence-electron chi connectivity index (χ1n) is 11.5. The number of fused-ring (bicyclic) bond motifs is 1. The van der Waals surface area contributed by atoms with E-state index in [2.05, 4.69) is 10.2 Å². The van der Waals surface area contributed by atoms with E-state index in [-0.39, 0.29) is 11.7 Å². The number of hydrogen-bond donors (Lipinski definition) is 1. The Hall–Kier alpha value is -3.38. The molecule has 3 aromatic carbocycles. The molecule has 0 bridgehead atoms. The second kappa shape index (κ2) is 9.24. The molecule has 0 aliphatic carbocycles. The van der Waals surface area contributed by atoms with E-state index in [0.717, 1.165) is 36.4 Å². The molecule has 2 aliphatic rings. The first-order valence-corrected chi connectivity index (χ1v) is 11.5. The Bertz CT molecular complexity index is 1150. The lowest BCUT2D eigenvalue weighted by Crippen LogP contribution is -2.37. The van der Waals surface area contributed by atoms with Gasteiger partial charge in [0.15, 0.2) is 0 Å². The molecular formula is C27H28FN3O2. The van der Waals surface area contributed by atoms with E-state index in [1.165, 1.54) is 6.07 Å². The predicted molar refractivity (Wildman–Crippen MR) is 129 cm³/mol. The molecule has 0 saturated carbocycles. The Balaban J connectivity index is 1.29. The molecule has 5 rings (SSSR count). The molecule has 1 N–H and O–H groups in total. The summed E-state index contributed by atoms with van der Waals surface area (Å²) in [7, 11) is 1.94. The van der Waals surface area contributed by atoms with Crippen molar-refractivity contribution in [1.82, 2.24) is 5.32 Å². The highest BCUT2D eigenvalue weighted by atomic mass is 19.1. The minimum absolute atomic E-state index is 0.102. The number of carbonyl (C=O) groups is 1. The van der Waals surface area contributed by atoms with Gasteiger partial charge in [-0.05, 0) is 67.4 Å². The number of halogens is 1. The number of hydrogen-bond acceptors (Lipinski definition) is 4. The van der Waals surface area contributed by atoms with Crippen LogP contribution in [0.15, 0.2) is 66.7 Å². The monoisotopic (exact) mass is 445 g/mol. The lowest BCUT2D eigenvalue weighted by atomic mass is 9.98. The van der Waals surface area contributed by atoms with Crippen molar-refractivity contribution in [3.05, 3.63) is 89.2 Å². The van der Waals surface area contributed by atoms with Gasteiger partial charge >= 0.3 is 0 Å². The molecule has 2 aliphatic heterocycles. The van der Waals surface area contributed by atoms with Crippen molar-refractivity contribution in [1.29, 1.82) is 0 Å². The van der Waals surface area contributed by atoms with Crippen LogP contribution in [0.25, 0.3) is 0 Å². The van der Waals surface area contributed by atoms with Gasteiger partial charge in [0.1, 0.15) is 18.2 Å². The molecular weight excluding hydrogens is 417 g/mol. The SMILES string of the molecule is CN[C@@H]1CCN(c2ccc(N3CCc4cc(OCc5ccccc5)ccc4C3=O)cc2F)C1. The van der Waals surface area contributed by atoms with Gasteiger partial charge in [-0.1, -0.05) is 30.3 Å². The summed E-state index contributed by atoms with van der Waals surface area (Å²) >= 11 is 0. The second-order valence-corrected chi connectivity index (χ2v) is 8.66. The number of ether oxygens (including phenoxy) is 1. The van der Waals surface area contributed by atoms with Gasteiger partial charge in [-0.25, -0.2) is 4.39 Å². The third-order valence-electron chi connectivity index (χ3n) is 6.59. The third kappa shape index (κ3) is 4.44. The summed E-state index contributed by atoms with van der Waals surface area (Å²) in [4.78, 5) is 16.9. The Labute approximate surface area is 193 Å². The smallest absolute Gasteiger partial charge is 0.258 e. The average Bonchev–Trinajstić information content (AvgIpc) is 3.32. The van der Waals surface area contributed by atoms with Gasteiger partial charge in [-0.3, -0.25) is 4.79 Å². The summed E-state index contributed by atoms with van der Waals surface area (Å²) in [6.07, 6.45) is 1.69. The van der Waals surface area contributed by atoms with Crippen LogP contribution in [0.2, 0.25) is 0 Å². The number of rotatable bonds is 6. The maximum atomic E-state index is 15.0. The molecule has 0 radical (unpaired) electrons. The van der Waals surface area contributed by atoms with Gasteiger partial charge in [0.2, 0.25) is 0 Å². The minimum atomic E-state index is -0.285. The first kappa shape index (κ1) is 21.5. The topological polar surface area (TPSA) is 44.8 Å². The fraction of sp³-hybridized carbons (Fsp3) is 0.296. The molecule has 0 spiro atoms. The fourth-order valence-corrected chi connectivity index (χ4v) is 4.68. The van der Waals surface area contributed by atoms with Crippen molar-refractivity contribution in [2.45, 2.75) is 25.5 Å². The van der Waals surface area contributed by atoms with Crippen LogP contribution in [0.4, 0.5) is 15.8 Å². The van der Waals surface area contributed by atoms with Crippen LogP contribution < -0.4 is 19.9 Å². The first-order chi connectivity index (χ1) is 16.1. The zero-order valence-electron chi connectivity index (χ0n) is 18.8. The Morgan fingerprint density at radius 2 is 1.91 bits per heavy atom. The van der Waals surface area contributed by atoms with Gasteiger partial charge < -0.3 is 19.9 Å². The standard InChI is InChI=1S/C27H28FN3O2/c1-29-21-12-13-30(17-21)26-10-7-22(16-25(26)28)31-14-11-20-15-23(8-9-24(20)27(31)32)33-18-19-5-3-2-4-6-19/h2-10,15-16,21,29H,11-14,17-18H2,1H3/t21-/m1/s1. The van der Waals surface area contributed by atoms with Crippen molar-refractivity contribution in [3.8, 4) is 5.75 Å². The summed E-state index contributed by atoms with van der Waals surface area (Å²) in [6.45, 7) is 2.61. The van der Waals surface area contributed by atoms with Gasteiger partial charge in [0, 0.05) is 36.9 Å². The lowest BCUT2D eigenvalue weighted by Gasteiger charge is -2.29. The van der Waals surface area contributed by atoms with Crippen molar-refractivity contribution >= 4 is 17.3 Å². The van der Waals surface area contributed by atoms with E-state index in [1.54, 1.807) is 11.0 Å². The highest BCUT2D eigenvalue weighted by Gasteiger charge is 2.28. The summed E-state index contributed by atoms with van der Waals surface area (Å²) < 4.78 is 20.9. The van der Waals surface area contributed by atoms with E-state index in [4.69, 9.17) is 4.74 Å². The molecule has 33 heavy (non-hydrogen) atoms. The maximum Gasteiger partial charge on any atom is 0.258 e. The predicted octanol–water partition coefficient (Wildman–Crippen LogP) is 4.41. The summed E-state index contributed by atoms with van der Waals surface area (Å²) in [5, 5.41) is 3.26. The van der Waals surface area contributed by atoms with Crippen LogP contribution in [0.5, 0.6) is 5.75 Å². The van der Waals surface area contributed by atoms with E-state index in [9.17, 15) is 9.18 Å². The van der Waals surface area contributed by atoms with Crippen LogP contribution in [0, 0.1) is 5.82 Å². The molecule has 1 atom stereocenters. The molecule has 1 amide bonds. The quantitative estimate of drug-likeness (QED) is 0.611. The van der Waals surface area contributed by atoms with Crippen LogP contribution in [-0.2, 0) is 13.0 Å². The Kier molecular flexibility index (Phi) is 6.01. The number of likely N-dealkylation sites (N-methyl/N-ethyl adjacent to an activating group) is 1. The molecule has 0 aromatic heterocycles. The minimum Gasteiger partial charge on any atom is -0.489 e. The van der Waals surface area contributed by atoms with E-state index >= 15 is 0 Å². The van der Waals surface area contributed by atoms with Gasteiger partial charge in [0.05, 0.1) is 5.69 Å². The van der Waals surface area contributed by atoms with Gasteiger partial charge in [0.25, 0.3) is 5.91 Å². The number of nitrogens with zero attached hydrogens (tertiary/aromatic N) is 2. The number of anilines is 2. The van der Waals surface area contributed by atoms with Crippen molar-refractivity contribution in [3.63, 3.8) is 0 Å². The molecule has 3 aromatic rings. The fourth-order valence-electron chi connectivity index (χ4n) is 4.68. The molecule has 2 heterocycles. The summed E-state index contributed by atoms with van der Waals surface area (Å²) in [5.74, 6) is 0.363. The average molecular weight is 446 g/mol. The van der Waals surface area contributed by atoms with Crippen molar-refractivity contribution in [2.24, 2.45) is 0 Å². The van der Waals surface area contributed by atoms with E-state index in [0.29, 0.717) is 42.6 Å². The normalized spacial score (nSPS) is 17.9. The largest absolute Gasteiger partial charge is 0.489 e. The van der Waals surface area contributed by atoms with Crippen LogP contribution >= 0.6 is 0 Å². The van der Waals surface area contributed by atoms with E-state index in [1.807, 2.05) is 61.6 Å². The summed E-state index contributed by atoms with van der Waals surface area (Å²) in [6, 6.07) is 21.1. The second-order valence-electron chi connectivity index (χ2n) is 8.66. The molecule has 1 fully saturated rings. The molecule has 0 unspecified atom stereocenters. The molecule has 1 saturated heterocycles. The zero-order valence-corrected chi connectivity index (χ0v) is 18.8. The number of amides is 1.